The van der Waals surface area contributed by atoms with Crippen molar-refractivity contribution in [1.29, 1.82) is 0 Å². The molecule has 13 nitrogen and oxygen atoms in total. The Balaban J connectivity index is 1.67. The molecule has 0 bridgehead atoms. The minimum Gasteiger partial charge on any atom is -0.779 e. The van der Waals surface area contributed by atoms with Gasteiger partial charge in [0.2, 0.25) is 17.7 Å². The molecule has 4 N–H and O–H groups in total. The summed E-state index contributed by atoms with van der Waals surface area (Å²) >= 11 is 0. The Labute approximate surface area is 269 Å². The maximum Gasteiger partial charge on any atom is 0.243 e. The number of fused-ring (bicyclic) bond motifs is 2. The average Bonchev–Trinajstić information content (AvgIpc) is 3.38. The van der Waals surface area contributed by atoms with E-state index >= 15 is 0 Å². The molecule has 6 atom stereocenters. The van der Waals surface area contributed by atoms with E-state index in [2.05, 4.69) is 16.0 Å². The molecule has 254 valence electrons. The third-order valence-electron chi connectivity index (χ3n) is 9.21. The molecule has 0 radical (unpaired) electrons. The van der Waals surface area contributed by atoms with Gasteiger partial charge in [-0.1, -0.05) is 57.7 Å². The van der Waals surface area contributed by atoms with Gasteiger partial charge in [-0.25, -0.2) is 0 Å². The number of amides is 3. The van der Waals surface area contributed by atoms with E-state index in [1.54, 1.807) is 10.9 Å². The van der Waals surface area contributed by atoms with Crippen LogP contribution in [0.15, 0.2) is 30.5 Å². The predicted octanol–water partition coefficient (Wildman–Crippen LogP) is 1.29. The van der Waals surface area contributed by atoms with Gasteiger partial charge in [0.05, 0.1) is 24.1 Å². The fourth-order valence-corrected chi connectivity index (χ4v) is 7.04. The first-order valence-corrected chi connectivity index (χ1v) is 18.0. The molecule has 2 aliphatic heterocycles. The molecule has 0 spiro atoms. The summed E-state index contributed by atoms with van der Waals surface area (Å²) in [5.41, 5.74) is 1.54. The van der Waals surface area contributed by atoms with Gasteiger partial charge in [0.1, 0.15) is 26.8 Å². The Kier molecular flexibility index (Phi) is 12.4. The Hall–Kier alpha value is -3.25. The molecular formula is C32H47N5O8P-. The van der Waals surface area contributed by atoms with Crippen LogP contribution in [0.1, 0.15) is 70.8 Å². The standard InChI is InChI=1S/C32H48N5O8P/c1-4-21(2)29-28(38)20-36-16-10-9-15-27(36)32(41)33-24(13-6-5-11-17-46(42,43)44)30(39)34-25(31(40)35-29)18-22-19-37(45-3)26-14-8-7-12-23(22)26/h7-8,12,14,19,21,24-25,27,29H,4-6,9-11,13,15-18,20H2,1-3H3,(H,33,41)(H,34,39)(H,35,40)(H2,42,43,44)/p-1/t21-,24-,25-,27+,29-/m0/s1. The lowest BCUT2D eigenvalue weighted by Gasteiger charge is -2.36. The molecule has 1 aromatic heterocycles. The van der Waals surface area contributed by atoms with Gasteiger partial charge in [-0.3, -0.25) is 24.1 Å². The molecule has 1 unspecified atom stereocenters. The van der Waals surface area contributed by atoms with Crippen LogP contribution in [-0.4, -0.2) is 88.6 Å². The molecule has 0 aliphatic carbocycles. The largest absolute Gasteiger partial charge is 0.779 e. The summed E-state index contributed by atoms with van der Waals surface area (Å²) in [7, 11) is -2.86. The normalized spacial score (nSPS) is 25.6. The Bertz CT molecular complexity index is 1440. The molecule has 2 aromatic rings. The number of para-hydroxylation sites is 1. The van der Waals surface area contributed by atoms with Gasteiger partial charge < -0.3 is 35.1 Å². The Morgan fingerprint density at radius 3 is 2.46 bits per heavy atom. The number of hydrogen-bond acceptors (Lipinski definition) is 8. The summed E-state index contributed by atoms with van der Waals surface area (Å²) in [6.45, 7) is 4.40. The van der Waals surface area contributed by atoms with Gasteiger partial charge >= 0.3 is 0 Å². The van der Waals surface area contributed by atoms with Gasteiger partial charge in [0, 0.05) is 24.2 Å². The van der Waals surface area contributed by atoms with Gasteiger partial charge in [-0.05, 0) is 49.8 Å². The van der Waals surface area contributed by atoms with Crippen LogP contribution in [0.2, 0.25) is 0 Å². The molecule has 2 saturated heterocycles. The minimum absolute atomic E-state index is 0.00181. The SMILES string of the molecule is CC[C@H](C)[C@@H]1NC(=O)[C@H](Cc2cn(OC)c3ccccc23)NC(=O)[C@H](CCCCCP(=O)([O-])O)NC(=O)[C@H]2CCCCN2CC1=O. The number of carbonyl (C=O) groups is 4. The highest BCUT2D eigenvalue weighted by Gasteiger charge is 2.37. The number of Topliss-reactive ketones (excluding diaryl/α,β-unsaturated/α-hetero) is 1. The number of aromatic nitrogens is 1. The molecule has 1 aromatic carbocycles. The summed E-state index contributed by atoms with van der Waals surface area (Å²) in [4.78, 5) is 82.9. The van der Waals surface area contributed by atoms with Gasteiger partial charge in [0.15, 0.2) is 5.78 Å². The highest BCUT2D eigenvalue weighted by atomic mass is 31.2. The smallest absolute Gasteiger partial charge is 0.243 e. The molecule has 2 aliphatic rings. The monoisotopic (exact) mass is 660 g/mol. The maximum atomic E-state index is 14.0. The molecular weight excluding hydrogens is 613 g/mol. The van der Waals surface area contributed by atoms with E-state index in [-0.39, 0.29) is 49.6 Å². The lowest BCUT2D eigenvalue weighted by Crippen LogP contribution is -2.57. The number of unbranched alkanes of at least 4 members (excludes halogenated alkanes) is 2. The van der Waals surface area contributed by atoms with Crippen LogP contribution in [0.4, 0.5) is 0 Å². The number of nitrogens with zero attached hydrogens (tertiary/aromatic N) is 2. The van der Waals surface area contributed by atoms with Crippen LogP contribution in [0.3, 0.4) is 0 Å². The van der Waals surface area contributed by atoms with Crippen LogP contribution in [0, 0.1) is 5.92 Å². The topological polar surface area (TPSA) is 182 Å². The van der Waals surface area contributed by atoms with E-state index < -0.39 is 43.6 Å². The van der Waals surface area contributed by atoms with Crippen molar-refractivity contribution in [3.05, 3.63) is 36.0 Å². The first kappa shape index (κ1) is 35.6. The van der Waals surface area contributed by atoms with Crippen LogP contribution in [0.5, 0.6) is 0 Å². The lowest BCUT2D eigenvalue weighted by atomic mass is 9.93. The van der Waals surface area contributed by atoms with Crippen molar-refractivity contribution < 1.29 is 38.4 Å². The van der Waals surface area contributed by atoms with E-state index in [1.165, 1.54) is 7.11 Å². The number of piperidine rings is 1. The number of rotatable bonds is 11. The summed E-state index contributed by atoms with van der Waals surface area (Å²) in [5.74, 6) is -1.77. The molecule has 3 amide bonds. The van der Waals surface area contributed by atoms with Gasteiger partial charge in [-0.2, -0.15) is 4.73 Å². The Morgan fingerprint density at radius 2 is 1.74 bits per heavy atom. The molecule has 14 heteroatoms. The van der Waals surface area contributed by atoms with Crippen molar-refractivity contribution in [2.75, 3.05) is 26.4 Å². The van der Waals surface area contributed by atoms with E-state index in [0.717, 1.165) is 29.3 Å². The highest BCUT2D eigenvalue weighted by molar-refractivity contribution is 7.50. The predicted molar refractivity (Wildman–Crippen MR) is 171 cm³/mol. The van der Waals surface area contributed by atoms with E-state index in [9.17, 15) is 28.6 Å². The number of benzene rings is 1. The zero-order valence-corrected chi connectivity index (χ0v) is 27.8. The molecule has 0 saturated carbocycles. The van der Waals surface area contributed by atoms with E-state index in [4.69, 9.17) is 9.73 Å². The number of nitrogens with one attached hydrogen (secondary N) is 3. The van der Waals surface area contributed by atoms with Crippen molar-refractivity contribution in [2.45, 2.75) is 95.8 Å². The third-order valence-corrected chi connectivity index (χ3v) is 10.1. The van der Waals surface area contributed by atoms with Crippen molar-refractivity contribution >= 4 is 42.0 Å². The summed E-state index contributed by atoms with van der Waals surface area (Å²) in [6, 6.07) is 4.04. The molecule has 46 heavy (non-hydrogen) atoms. The van der Waals surface area contributed by atoms with Crippen LogP contribution in [0.25, 0.3) is 10.9 Å². The third kappa shape index (κ3) is 9.18. The average molecular weight is 661 g/mol. The lowest BCUT2D eigenvalue weighted by molar-refractivity contribution is -0.193. The maximum absolute atomic E-state index is 14.0. The van der Waals surface area contributed by atoms with Crippen LogP contribution >= 0.6 is 7.60 Å². The fourth-order valence-electron chi connectivity index (χ4n) is 6.41. The first-order chi connectivity index (χ1) is 21.9. The molecule has 2 fully saturated rings. The van der Waals surface area contributed by atoms with Crippen molar-refractivity contribution in [3.8, 4) is 0 Å². The fraction of sp³-hybridized carbons (Fsp3) is 0.625. The summed E-state index contributed by atoms with van der Waals surface area (Å²) in [5, 5.41) is 9.55. The number of ketones is 1. The zero-order chi connectivity index (χ0) is 33.4. The second-order valence-electron chi connectivity index (χ2n) is 12.5. The number of hydrogen-bond donors (Lipinski definition) is 4. The van der Waals surface area contributed by atoms with Gasteiger partial charge in [-0.15, -0.1) is 0 Å². The van der Waals surface area contributed by atoms with Crippen LogP contribution in [-0.2, 0) is 30.2 Å². The van der Waals surface area contributed by atoms with E-state index in [0.29, 0.717) is 32.2 Å². The highest BCUT2D eigenvalue weighted by Crippen LogP contribution is 2.30. The second kappa shape index (κ2) is 16.0. The van der Waals surface area contributed by atoms with E-state index in [1.807, 2.05) is 43.0 Å². The van der Waals surface area contributed by atoms with Crippen molar-refractivity contribution in [3.63, 3.8) is 0 Å². The summed E-state index contributed by atoms with van der Waals surface area (Å²) in [6.07, 6.45) is 5.52. The minimum atomic E-state index is -4.39. The zero-order valence-electron chi connectivity index (χ0n) is 26.9. The first-order valence-electron chi connectivity index (χ1n) is 16.3. The van der Waals surface area contributed by atoms with Crippen molar-refractivity contribution in [1.82, 2.24) is 25.6 Å². The quantitative estimate of drug-likeness (QED) is 0.204. The number of carbonyl (C=O) groups excluding carboxylic acids is 4. The summed E-state index contributed by atoms with van der Waals surface area (Å²) < 4.78 is 12.8. The van der Waals surface area contributed by atoms with Crippen molar-refractivity contribution in [2.24, 2.45) is 5.92 Å². The second-order valence-corrected chi connectivity index (χ2v) is 14.3. The van der Waals surface area contributed by atoms with Crippen LogP contribution < -0.4 is 25.7 Å². The Morgan fingerprint density at radius 1 is 1.02 bits per heavy atom. The molecule has 4 rings (SSSR count). The van der Waals surface area contributed by atoms with Gasteiger partial charge in [0.25, 0.3) is 0 Å². The molecule has 3 heterocycles.